The predicted molar refractivity (Wildman–Crippen MR) is 65.7 cm³/mol. The van der Waals surface area contributed by atoms with Gasteiger partial charge in [-0.3, -0.25) is 0 Å². The molecule has 15 heavy (non-hydrogen) atoms. The van der Waals surface area contributed by atoms with Crippen molar-refractivity contribution in [3.63, 3.8) is 0 Å². The fourth-order valence-corrected chi connectivity index (χ4v) is 1.18. The molecule has 1 rings (SSSR count). The summed E-state index contributed by atoms with van der Waals surface area (Å²) < 4.78 is 12.5. The summed E-state index contributed by atoms with van der Waals surface area (Å²) >= 11 is 4.99. The molecule has 1 aromatic heterocycles. The molecule has 0 amide bonds. The highest BCUT2D eigenvalue weighted by Crippen LogP contribution is 2.21. The number of hydrogen-bond acceptors (Lipinski definition) is 4. The van der Waals surface area contributed by atoms with Crippen molar-refractivity contribution in [2.45, 2.75) is 0 Å². The summed E-state index contributed by atoms with van der Waals surface area (Å²) in [5.41, 5.74) is 0. The predicted octanol–water partition coefficient (Wildman–Crippen LogP) is 2.76. The van der Waals surface area contributed by atoms with Crippen LogP contribution >= 0.6 is 38.5 Å². The SMILES string of the molecule is O=C(OCC#CI)Oc1cccnc1Br. The van der Waals surface area contributed by atoms with Gasteiger partial charge < -0.3 is 9.47 Å². The Bertz CT molecular complexity index is 413. The molecule has 0 bridgehead atoms. The number of hydrogen-bond donors (Lipinski definition) is 0. The minimum Gasteiger partial charge on any atom is -0.421 e. The molecule has 0 unspecified atom stereocenters. The van der Waals surface area contributed by atoms with Crippen LogP contribution in [0.2, 0.25) is 0 Å². The molecule has 0 aromatic carbocycles. The quantitative estimate of drug-likeness (QED) is 0.342. The first-order valence-corrected chi connectivity index (χ1v) is 5.65. The first kappa shape index (κ1) is 12.3. The van der Waals surface area contributed by atoms with Crippen LogP contribution in [-0.2, 0) is 4.74 Å². The van der Waals surface area contributed by atoms with E-state index in [0.717, 1.165) is 0 Å². The van der Waals surface area contributed by atoms with Crippen molar-refractivity contribution in [2.24, 2.45) is 0 Å². The molecule has 6 heteroatoms. The number of halogens is 2. The summed E-state index contributed by atoms with van der Waals surface area (Å²) in [5, 5.41) is 0. The zero-order chi connectivity index (χ0) is 11.1. The maximum Gasteiger partial charge on any atom is 0.514 e. The van der Waals surface area contributed by atoms with Gasteiger partial charge in [0.15, 0.2) is 12.4 Å². The highest BCUT2D eigenvalue weighted by Gasteiger charge is 2.08. The number of carbonyl (C=O) groups is 1. The molecule has 0 atom stereocenters. The molecule has 0 fully saturated rings. The molecule has 78 valence electrons. The lowest BCUT2D eigenvalue weighted by Crippen LogP contribution is -2.11. The van der Waals surface area contributed by atoms with Gasteiger partial charge in [0.05, 0.1) is 0 Å². The molecule has 4 nitrogen and oxygen atoms in total. The average molecular weight is 382 g/mol. The molecule has 0 aliphatic carbocycles. The highest BCUT2D eigenvalue weighted by atomic mass is 127. The van der Waals surface area contributed by atoms with Crippen molar-refractivity contribution in [1.82, 2.24) is 4.98 Å². The Balaban J connectivity index is 2.50. The summed E-state index contributed by atoms with van der Waals surface area (Å²) in [5.74, 6) is 2.88. The van der Waals surface area contributed by atoms with Gasteiger partial charge >= 0.3 is 6.16 Å². The lowest BCUT2D eigenvalue weighted by Gasteiger charge is -2.03. The monoisotopic (exact) mass is 381 g/mol. The molecule has 1 aromatic rings. The molecular formula is C9H5BrINO3. The fraction of sp³-hybridized carbons (Fsp3) is 0.111. The van der Waals surface area contributed by atoms with E-state index < -0.39 is 6.16 Å². The van der Waals surface area contributed by atoms with Crippen LogP contribution in [0.1, 0.15) is 0 Å². The molecule has 0 aliphatic heterocycles. The van der Waals surface area contributed by atoms with E-state index in [1.165, 1.54) is 0 Å². The van der Waals surface area contributed by atoms with E-state index in [1.54, 1.807) is 18.3 Å². The van der Waals surface area contributed by atoms with Gasteiger partial charge in [-0.2, -0.15) is 0 Å². The van der Waals surface area contributed by atoms with Crippen LogP contribution < -0.4 is 4.74 Å². The number of rotatable bonds is 2. The van der Waals surface area contributed by atoms with Crippen LogP contribution in [-0.4, -0.2) is 17.7 Å². The van der Waals surface area contributed by atoms with Gasteiger partial charge in [0.25, 0.3) is 0 Å². The van der Waals surface area contributed by atoms with E-state index in [2.05, 4.69) is 35.5 Å². The third kappa shape index (κ3) is 4.48. The second kappa shape index (κ2) is 6.63. The zero-order valence-electron chi connectivity index (χ0n) is 7.37. The van der Waals surface area contributed by atoms with Crippen LogP contribution in [0.5, 0.6) is 5.75 Å². The Hall–Kier alpha value is -0.810. The maximum atomic E-state index is 11.1. The van der Waals surface area contributed by atoms with Gasteiger partial charge in [-0.15, -0.1) is 0 Å². The van der Waals surface area contributed by atoms with Crippen LogP contribution in [0.4, 0.5) is 4.79 Å². The third-order valence-corrected chi connectivity index (χ3v) is 2.22. The Morgan fingerprint density at radius 1 is 1.67 bits per heavy atom. The van der Waals surface area contributed by atoms with E-state index in [1.807, 2.05) is 22.6 Å². The van der Waals surface area contributed by atoms with Crippen LogP contribution in [0.25, 0.3) is 0 Å². The zero-order valence-corrected chi connectivity index (χ0v) is 11.1. The smallest absolute Gasteiger partial charge is 0.421 e. The normalized spacial score (nSPS) is 8.67. The lowest BCUT2D eigenvalue weighted by atomic mass is 10.5. The Kier molecular flexibility index (Phi) is 5.42. The molecule has 0 spiro atoms. The molecule has 0 aliphatic rings. The first-order valence-electron chi connectivity index (χ1n) is 3.77. The molecule has 0 saturated carbocycles. The second-order valence-corrected chi connectivity index (χ2v) is 3.49. The number of ether oxygens (including phenoxy) is 2. The second-order valence-electron chi connectivity index (χ2n) is 2.20. The molecule has 1 heterocycles. The van der Waals surface area contributed by atoms with Gasteiger partial charge in [0.1, 0.15) is 4.60 Å². The number of carbonyl (C=O) groups excluding carboxylic acids is 1. The number of pyridine rings is 1. The van der Waals surface area contributed by atoms with Crippen molar-refractivity contribution in [3.8, 4) is 15.6 Å². The van der Waals surface area contributed by atoms with E-state index in [-0.39, 0.29) is 6.61 Å². The average Bonchev–Trinajstić information content (AvgIpc) is 2.22. The minimum atomic E-state index is -0.803. The van der Waals surface area contributed by atoms with Gasteiger partial charge in [-0.25, -0.2) is 9.78 Å². The Morgan fingerprint density at radius 3 is 3.13 bits per heavy atom. The van der Waals surface area contributed by atoms with Crippen molar-refractivity contribution in [2.75, 3.05) is 6.61 Å². The van der Waals surface area contributed by atoms with E-state index in [0.29, 0.717) is 10.4 Å². The number of nitrogens with zero attached hydrogens (tertiary/aromatic N) is 1. The summed E-state index contributed by atoms with van der Waals surface area (Å²) in [4.78, 5) is 15.0. The number of aromatic nitrogens is 1. The van der Waals surface area contributed by atoms with Crippen LogP contribution in [0.15, 0.2) is 22.9 Å². The molecule has 0 N–H and O–H groups in total. The van der Waals surface area contributed by atoms with Crippen molar-refractivity contribution < 1.29 is 14.3 Å². The van der Waals surface area contributed by atoms with Crippen molar-refractivity contribution in [1.29, 1.82) is 0 Å². The lowest BCUT2D eigenvalue weighted by molar-refractivity contribution is 0.111. The van der Waals surface area contributed by atoms with Gasteiger partial charge in [0.2, 0.25) is 0 Å². The van der Waals surface area contributed by atoms with E-state index in [9.17, 15) is 4.79 Å². The standard InChI is InChI=1S/C9H5BrINO3/c10-8-7(3-1-5-12-8)15-9(13)14-6-2-4-11/h1,3,5H,6H2. The van der Waals surface area contributed by atoms with Crippen LogP contribution in [0, 0.1) is 9.85 Å². The van der Waals surface area contributed by atoms with Gasteiger partial charge in [0, 0.05) is 28.8 Å². The Morgan fingerprint density at radius 2 is 2.47 bits per heavy atom. The largest absolute Gasteiger partial charge is 0.514 e. The van der Waals surface area contributed by atoms with E-state index in [4.69, 9.17) is 4.74 Å². The summed E-state index contributed by atoms with van der Waals surface area (Å²) in [6, 6.07) is 3.25. The molecular weight excluding hydrogens is 377 g/mol. The first-order chi connectivity index (χ1) is 7.24. The maximum absolute atomic E-state index is 11.1. The Labute approximate surface area is 109 Å². The summed E-state index contributed by atoms with van der Waals surface area (Å²) in [7, 11) is 0. The van der Waals surface area contributed by atoms with Gasteiger partial charge in [-0.05, 0) is 32.0 Å². The molecule has 0 radical (unpaired) electrons. The fourth-order valence-electron chi connectivity index (χ4n) is 0.689. The van der Waals surface area contributed by atoms with Crippen molar-refractivity contribution >= 4 is 44.7 Å². The van der Waals surface area contributed by atoms with Crippen LogP contribution in [0.3, 0.4) is 0 Å². The minimum absolute atomic E-state index is 0.0135. The molecule has 0 saturated heterocycles. The van der Waals surface area contributed by atoms with E-state index >= 15 is 0 Å². The highest BCUT2D eigenvalue weighted by molar-refractivity contribution is 14.1. The summed E-state index contributed by atoms with van der Waals surface area (Å²) in [6.45, 7) is 0.0135. The summed E-state index contributed by atoms with van der Waals surface area (Å²) in [6.07, 6.45) is 0.770. The topological polar surface area (TPSA) is 48.4 Å². The third-order valence-electron chi connectivity index (χ3n) is 1.25. The van der Waals surface area contributed by atoms with Gasteiger partial charge in [-0.1, -0.05) is 5.92 Å². The van der Waals surface area contributed by atoms with Crippen molar-refractivity contribution in [3.05, 3.63) is 22.9 Å².